The summed E-state index contributed by atoms with van der Waals surface area (Å²) in [5, 5.41) is 30.3. The number of phenols is 1. The maximum absolute atomic E-state index is 12.9. The summed E-state index contributed by atoms with van der Waals surface area (Å²) in [5.41, 5.74) is 4.12. The number of carboxylic acids is 1. The summed E-state index contributed by atoms with van der Waals surface area (Å²) in [6.45, 7) is 1.98. The quantitative estimate of drug-likeness (QED) is 0.0609. The van der Waals surface area contributed by atoms with Gasteiger partial charge in [-0.2, -0.15) is 24.4 Å². The molecule has 3 atom stereocenters. The number of fused-ring (bicyclic) bond motifs is 3. The first kappa shape index (κ1) is 32.8. The third-order valence-corrected chi connectivity index (χ3v) is 12.8. The number of phenolic OH excluding ortho intramolecular Hbond substituents is 1. The van der Waals surface area contributed by atoms with E-state index >= 15 is 0 Å². The molecule has 6 rings (SSSR count). The molecule has 4 aliphatic rings. The van der Waals surface area contributed by atoms with Crippen LogP contribution in [0.3, 0.4) is 0 Å². The van der Waals surface area contributed by atoms with Gasteiger partial charge in [-0.15, -0.1) is 0 Å². The number of carbonyl (C=O) groups excluding carboxylic acids is 2. The molecule has 46 heavy (non-hydrogen) atoms. The van der Waals surface area contributed by atoms with Gasteiger partial charge in [0.2, 0.25) is 5.91 Å². The second-order valence-electron chi connectivity index (χ2n) is 11.5. The smallest absolute Gasteiger partial charge is 0.336 e. The Morgan fingerprint density at radius 2 is 2.00 bits per heavy atom. The average Bonchev–Trinajstić information content (AvgIpc) is 3.59. The molecule has 0 spiro atoms. The molecule has 2 aromatic carbocycles. The van der Waals surface area contributed by atoms with Crippen molar-refractivity contribution in [3.8, 4) is 11.5 Å². The van der Waals surface area contributed by atoms with Crippen LogP contribution in [0.5, 0.6) is 11.5 Å². The van der Waals surface area contributed by atoms with Crippen molar-refractivity contribution < 1.29 is 29.3 Å². The van der Waals surface area contributed by atoms with Gasteiger partial charge in [-0.1, -0.05) is 35.4 Å². The van der Waals surface area contributed by atoms with E-state index in [9.17, 15) is 24.6 Å². The van der Waals surface area contributed by atoms with Gasteiger partial charge in [0.05, 0.1) is 17.6 Å². The Morgan fingerprint density at radius 1 is 1.17 bits per heavy atom. The van der Waals surface area contributed by atoms with Gasteiger partial charge >= 0.3 is 12.0 Å². The summed E-state index contributed by atoms with van der Waals surface area (Å²) in [6.07, 6.45) is 7.46. The molecule has 2 fully saturated rings. The number of aromatic carboxylic acids is 1. The molecular weight excluding hydrogens is 663 g/mol. The fraction of sp³-hybridized carbons (Fsp3) is 0.364. The molecule has 242 valence electrons. The third-order valence-electron chi connectivity index (χ3n) is 8.38. The zero-order chi connectivity index (χ0) is 32.4. The van der Waals surface area contributed by atoms with Crippen molar-refractivity contribution in [1.29, 1.82) is 0 Å². The highest BCUT2D eigenvalue weighted by Gasteiger charge is 2.42. The number of anilines is 1. The van der Waals surface area contributed by atoms with E-state index in [0.717, 1.165) is 35.5 Å². The lowest BCUT2D eigenvalue weighted by Gasteiger charge is -2.30. The highest BCUT2D eigenvalue weighted by molar-refractivity contribution is 8.76. The molecule has 9 nitrogen and oxygen atoms in total. The fourth-order valence-electron chi connectivity index (χ4n) is 6.21. The van der Waals surface area contributed by atoms with Gasteiger partial charge in [0.25, 0.3) is 0 Å². The summed E-state index contributed by atoms with van der Waals surface area (Å²) in [4.78, 5) is 37.7. The Morgan fingerprint density at radius 3 is 2.80 bits per heavy atom. The van der Waals surface area contributed by atoms with Gasteiger partial charge in [0, 0.05) is 51.3 Å². The molecule has 2 unspecified atom stereocenters. The van der Waals surface area contributed by atoms with Crippen molar-refractivity contribution >= 4 is 75.1 Å². The number of hydrogen-bond acceptors (Lipinski definition) is 9. The van der Waals surface area contributed by atoms with Crippen LogP contribution in [0.1, 0.15) is 60.5 Å². The average molecular weight is 698 g/mol. The van der Waals surface area contributed by atoms with Crippen LogP contribution in [0.15, 0.2) is 64.3 Å². The van der Waals surface area contributed by atoms with Crippen LogP contribution in [-0.2, 0) is 4.79 Å². The zero-order valence-electron chi connectivity index (χ0n) is 25.1. The molecule has 3 aliphatic heterocycles. The summed E-state index contributed by atoms with van der Waals surface area (Å²) in [6, 6.07) is 8.56. The number of carbonyl (C=O) groups is 3. The lowest BCUT2D eigenvalue weighted by atomic mass is 9.84. The standard InChI is InChI=1S/C33H35N3O6S4/c1-17-5-4-6-20-27(21-11-12-24(37)31(46-45-14-13-43)30(21)42-29(17)20)19-10-9-18(15-22(19)32(39)40)34-26(38)8-3-2-7-25-28-23(16-44-25)35-33(41)36-28/h4,6,9-12,15,23,25,28,37,43H,2-3,5,7-8,13-14,16H2,1H3,(H,34,38)(H,39,40)(H2,35,36,41)/t23-,25?,28?/m0/s1. The monoisotopic (exact) mass is 697 g/mol. The van der Waals surface area contributed by atoms with E-state index < -0.39 is 5.97 Å². The SMILES string of the molecule is CC1=C2Oc3c(ccc(O)c3SSCCS)C(c3ccc(NC(=O)CCCCC4SC[C@@H]5NC(=O)NC45)cc3C(=O)O)=C2C=CC1. The molecule has 2 saturated heterocycles. The maximum atomic E-state index is 12.9. The molecule has 1 aliphatic carbocycles. The van der Waals surface area contributed by atoms with Crippen molar-refractivity contribution in [1.82, 2.24) is 10.6 Å². The summed E-state index contributed by atoms with van der Waals surface area (Å²) in [5.74, 6) is 2.30. The molecule has 2 aromatic rings. The van der Waals surface area contributed by atoms with Crippen molar-refractivity contribution in [3.63, 3.8) is 0 Å². The third kappa shape index (κ3) is 6.78. The van der Waals surface area contributed by atoms with E-state index in [1.807, 2.05) is 30.8 Å². The normalized spacial score (nSPS) is 21.3. The van der Waals surface area contributed by atoms with Crippen LogP contribution in [0.4, 0.5) is 10.5 Å². The Hall–Kier alpha value is -3.13. The number of hydrogen-bond donors (Lipinski definition) is 6. The van der Waals surface area contributed by atoms with Gasteiger partial charge < -0.3 is 30.9 Å². The summed E-state index contributed by atoms with van der Waals surface area (Å²) in [7, 11) is 2.96. The van der Waals surface area contributed by atoms with Gasteiger partial charge in [0.15, 0.2) is 5.75 Å². The summed E-state index contributed by atoms with van der Waals surface area (Å²) >= 11 is 6.14. The van der Waals surface area contributed by atoms with Crippen LogP contribution in [-0.4, -0.2) is 62.7 Å². The Kier molecular flexibility index (Phi) is 10.2. The number of benzene rings is 2. The zero-order valence-corrected chi connectivity index (χ0v) is 28.5. The van der Waals surface area contributed by atoms with E-state index in [1.165, 1.54) is 16.9 Å². The molecule has 0 bridgehead atoms. The number of thiol groups is 1. The first-order valence-electron chi connectivity index (χ1n) is 15.2. The number of allylic oxidation sites excluding steroid dienone is 3. The van der Waals surface area contributed by atoms with Gasteiger partial charge in [-0.3, -0.25) is 4.79 Å². The number of carboxylic acid groups (broad SMARTS) is 1. The van der Waals surface area contributed by atoms with Crippen LogP contribution >= 0.6 is 46.0 Å². The number of ether oxygens (including phenoxy) is 1. The van der Waals surface area contributed by atoms with Crippen molar-refractivity contribution in [3.05, 3.63) is 76.1 Å². The van der Waals surface area contributed by atoms with E-state index in [0.29, 0.717) is 69.1 Å². The van der Waals surface area contributed by atoms with Crippen molar-refractivity contribution in [2.24, 2.45) is 0 Å². The number of nitrogens with one attached hydrogen (secondary N) is 3. The van der Waals surface area contributed by atoms with Gasteiger partial charge in [0.1, 0.15) is 16.4 Å². The predicted molar refractivity (Wildman–Crippen MR) is 189 cm³/mol. The summed E-state index contributed by atoms with van der Waals surface area (Å²) < 4.78 is 6.45. The van der Waals surface area contributed by atoms with E-state index in [-0.39, 0.29) is 35.3 Å². The van der Waals surface area contributed by atoms with Crippen molar-refractivity contribution in [2.75, 3.05) is 22.6 Å². The van der Waals surface area contributed by atoms with Gasteiger partial charge in [-0.05, 0) is 72.4 Å². The molecule has 13 heteroatoms. The highest BCUT2D eigenvalue weighted by atomic mass is 33.1. The molecule has 0 saturated carbocycles. The second-order valence-corrected chi connectivity index (χ2v) is 15.7. The highest BCUT2D eigenvalue weighted by Crippen LogP contribution is 2.53. The minimum absolute atomic E-state index is 0.0517. The lowest BCUT2D eigenvalue weighted by molar-refractivity contribution is -0.116. The predicted octanol–water partition coefficient (Wildman–Crippen LogP) is 6.85. The molecule has 3 heterocycles. The van der Waals surface area contributed by atoms with Crippen LogP contribution in [0, 0.1) is 0 Å². The molecule has 0 aromatic heterocycles. The van der Waals surface area contributed by atoms with Crippen LogP contribution in [0.2, 0.25) is 0 Å². The molecular formula is C33H35N3O6S4. The molecule has 5 N–H and O–H groups in total. The van der Waals surface area contributed by atoms with Crippen LogP contribution < -0.4 is 20.7 Å². The number of amides is 3. The Balaban J connectivity index is 1.22. The number of thioether (sulfide) groups is 1. The molecule has 0 radical (unpaired) electrons. The number of urea groups is 1. The van der Waals surface area contributed by atoms with E-state index in [1.54, 1.807) is 35.1 Å². The number of rotatable bonds is 12. The maximum Gasteiger partial charge on any atom is 0.336 e. The largest absolute Gasteiger partial charge is 0.507 e. The van der Waals surface area contributed by atoms with E-state index in [2.05, 4.69) is 28.6 Å². The Bertz CT molecular complexity index is 1670. The number of unbranched alkanes of at least 4 members (excludes halogenated alkanes) is 1. The lowest BCUT2D eigenvalue weighted by Crippen LogP contribution is -2.36. The fourth-order valence-corrected chi connectivity index (χ4v) is 10.4. The first-order valence-corrected chi connectivity index (χ1v) is 19.2. The first-order chi connectivity index (χ1) is 22.2. The topological polar surface area (TPSA) is 137 Å². The number of aromatic hydroxyl groups is 1. The minimum atomic E-state index is -1.12. The van der Waals surface area contributed by atoms with E-state index in [4.69, 9.17) is 4.74 Å². The van der Waals surface area contributed by atoms with Gasteiger partial charge in [-0.25, -0.2) is 9.59 Å². The van der Waals surface area contributed by atoms with Crippen LogP contribution in [0.25, 0.3) is 5.57 Å². The second kappa shape index (κ2) is 14.3. The minimum Gasteiger partial charge on any atom is -0.507 e. The Labute approximate surface area is 285 Å². The van der Waals surface area contributed by atoms with Crippen molar-refractivity contribution in [2.45, 2.75) is 61.3 Å². The molecule has 3 amide bonds.